The van der Waals surface area contributed by atoms with Crippen LogP contribution in [-0.4, -0.2) is 35.1 Å². The van der Waals surface area contributed by atoms with Crippen molar-refractivity contribution in [3.63, 3.8) is 0 Å². The largest absolute Gasteiger partial charge is 0.457 e. The van der Waals surface area contributed by atoms with Crippen LogP contribution in [0, 0.1) is 13.8 Å². The summed E-state index contributed by atoms with van der Waals surface area (Å²) in [6.07, 6.45) is 2.85. The normalized spacial score (nSPS) is 12.0. The number of nitrogens with zero attached hydrogens (tertiary/aromatic N) is 1. The summed E-state index contributed by atoms with van der Waals surface area (Å²) in [4.78, 5) is 42.4. The highest BCUT2D eigenvalue weighted by Crippen LogP contribution is 2.30. The van der Waals surface area contributed by atoms with Crippen LogP contribution in [0.1, 0.15) is 59.3 Å². The van der Waals surface area contributed by atoms with Gasteiger partial charge in [0.1, 0.15) is 12.2 Å². The van der Waals surface area contributed by atoms with Crippen LogP contribution < -0.4 is 10.6 Å². The van der Waals surface area contributed by atoms with Crippen LogP contribution in [0.25, 0.3) is 10.1 Å². The van der Waals surface area contributed by atoms with Crippen molar-refractivity contribution in [2.75, 3.05) is 11.9 Å². The van der Waals surface area contributed by atoms with E-state index in [2.05, 4.69) is 15.6 Å². The van der Waals surface area contributed by atoms with Crippen molar-refractivity contribution in [3.8, 4) is 0 Å². The minimum Gasteiger partial charge on any atom is -0.457 e. The van der Waals surface area contributed by atoms with Gasteiger partial charge in [0.15, 0.2) is 0 Å². The summed E-state index contributed by atoms with van der Waals surface area (Å²) in [5, 5.41) is 7.36. The van der Waals surface area contributed by atoms with Crippen molar-refractivity contribution in [3.05, 3.63) is 94.8 Å². The number of carbonyl (C=O) groups is 3. The maximum atomic E-state index is 13.4. The number of aryl methyl sites for hydroxylation is 2. The maximum absolute atomic E-state index is 13.4. The minimum atomic E-state index is -0.692. The van der Waals surface area contributed by atoms with E-state index in [0.29, 0.717) is 16.1 Å². The smallest absolute Gasteiger partial charge is 0.407 e. The van der Waals surface area contributed by atoms with Crippen molar-refractivity contribution in [2.45, 2.75) is 52.7 Å². The molecule has 2 heterocycles. The molecule has 9 heteroatoms. The zero-order chi connectivity index (χ0) is 28.9. The number of thiophene rings is 1. The molecule has 0 aliphatic rings. The van der Waals surface area contributed by atoms with Gasteiger partial charge < -0.3 is 20.1 Å². The third-order valence-corrected chi connectivity index (χ3v) is 6.95. The lowest BCUT2D eigenvalue weighted by atomic mass is 9.97. The number of benzene rings is 2. The molecule has 0 aliphatic heterocycles. The average Bonchev–Trinajstić information content (AvgIpc) is 3.28. The molecule has 4 aromatic rings. The number of rotatable bonds is 8. The van der Waals surface area contributed by atoms with Gasteiger partial charge in [-0.2, -0.15) is 0 Å². The number of hydrogen-bond acceptors (Lipinski definition) is 7. The first-order chi connectivity index (χ1) is 19.0. The summed E-state index contributed by atoms with van der Waals surface area (Å²) in [6.45, 7) is 9.33. The van der Waals surface area contributed by atoms with Gasteiger partial charge in [0, 0.05) is 18.9 Å². The number of fused-ring (bicyclic) bond motifs is 1. The summed E-state index contributed by atoms with van der Waals surface area (Å²) in [7, 11) is 0. The molecule has 0 spiro atoms. The van der Waals surface area contributed by atoms with E-state index in [-0.39, 0.29) is 19.1 Å². The van der Waals surface area contributed by atoms with Gasteiger partial charge in [0.25, 0.3) is 0 Å². The first-order valence-corrected chi connectivity index (χ1v) is 13.7. The molecule has 0 unspecified atom stereocenters. The molecule has 2 amide bonds. The van der Waals surface area contributed by atoms with Gasteiger partial charge >= 0.3 is 12.1 Å². The van der Waals surface area contributed by atoms with E-state index in [1.165, 1.54) is 11.3 Å². The first-order valence-electron chi connectivity index (χ1n) is 12.9. The fourth-order valence-electron chi connectivity index (χ4n) is 4.19. The summed E-state index contributed by atoms with van der Waals surface area (Å²) >= 11 is 1.43. The molecule has 0 fully saturated rings. The van der Waals surface area contributed by atoms with Crippen LogP contribution in [0.4, 0.5) is 9.80 Å². The minimum absolute atomic E-state index is 0.0360. The molecular formula is C31H33N3O5S. The third kappa shape index (κ3) is 7.89. The Balaban J connectivity index is 1.47. The molecular weight excluding hydrogens is 526 g/mol. The standard InChI is InChI=1S/C31H33N3O5S/c1-19-12-20(2)14-24(13-19)29(36)38-18-21-6-8-22(9-7-21)25(16-33-30(37)39-31(3,4)5)28(35)34-27-15-23-10-11-32-17-26(23)40-27/h6-15,17,25H,16,18H2,1-5H3,(H,33,37)(H,34,35)/t25-/m1/s1. The molecule has 2 N–H and O–H groups in total. The lowest BCUT2D eigenvalue weighted by Crippen LogP contribution is -2.37. The van der Waals surface area contributed by atoms with Gasteiger partial charge in [-0.3, -0.25) is 9.78 Å². The van der Waals surface area contributed by atoms with Gasteiger partial charge in [-0.1, -0.05) is 41.5 Å². The zero-order valence-corrected chi connectivity index (χ0v) is 24.1. The molecule has 0 aliphatic carbocycles. The second-order valence-corrected chi connectivity index (χ2v) is 11.7. The fraction of sp³-hybridized carbons (Fsp3) is 0.290. The molecule has 1 atom stereocenters. The summed E-state index contributed by atoms with van der Waals surface area (Å²) in [5.41, 5.74) is 3.30. The van der Waals surface area contributed by atoms with Gasteiger partial charge in [-0.05, 0) is 75.4 Å². The predicted molar refractivity (Wildman–Crippen MR) is 157 cm³/mol. The lowest BCUT2D eigenvalue weighted by molar-refractivity contribution is -0.117. The second-order valence-electron chi connectivity index (χ2n) is 10.6. The van der Waals surface area contributed by atoms with E-state index in [1.807, 2.05) is 44.2 Å². The Morgan fingerprint density at radius 1 is 0.975 bits per heavy atom. The van der Waals surface area contributed by atoms with Crippen LogP contribution in [-0.2, 0) is 20.9 Å². The van der Waals surface area contributed by atoms with Crippen LogP contribution >= 0.6 is 11.3 Å². The Kier molecular flexibility index (Phi) is 8.84. The fourth-order valence-corrected chi connectivity index (χ4v) is 5.12. The molecule has 0 saturated heterocycles. The summed E-state index contributed by atoms with van der Waals surface area (Å²) in [5.74, 6) is -1.36. The number of esters is 1. The monoisotopic (exact) mass is 559 g/mol. The Bertz CT molecular complexity index is 1470. The van der Waals surface area contributed by atoms with E-state index >= 15 is 0 Å². The average molecular weight is 560 g/mol. The zero-order valence-electron chi connectivity index (χ0n) is 23.2. The van der Waals surface area contributed by atoms with Crippen LogP contribution in [0.5, 0.6) is 0 Å². The van der Waals surface area contributed by atoms with Crippen LogP contribution in [0.2, 0.25) is 0 Å². The number of anilines is 1. The number of hydrogen-bond donors (Lipinski definition) is 2. The Hall–Kier alpha value is -4.24. The van der Waals surface area contributed by atoms with E-state index in [1.54, 1.807) is 57.4 Å². The van der Waals surface area contributed by atoms with Gasteiger partial charge in [0.05, 0.1) is 21.2 Å². The molecule has 8 nitrogen and oxygen atoms in total. The number of aromatic nitrogens is 1. The highest BCUT2D eigenvalue weighted by atomic mass is 32.1. The molecule has 0 radical (unpaired) electrons. The van der Waals surface area contributed by atoms with E-state index in [0.717, 1.165) is 26.8 Å². The summed E-state index contributed by atoms with van der Waals surface area (Å²) in [6, 6.07) is 16.6. The Morgan fingerprint density at radius 3 is 2.33 bits per heavy atom. The Labute approximate surface area is 237 Å². The second kappa shape index (κ2) is 12.3. The van der Waals surface area contributed by atoms with E-state index in [9.17, 15) is 14.4 Å². The molecule has 40 heavy (non-hydrogen) atoms. The molecule has 4 rings (SSSR count). The highest BCUT2D eigenvalue weighted by molar-refractivity contribution is 7.22. The lowest BCUT2D eigenvalue weighted by Gasteiger charge is -2.22. The topological polar surface area (TPSA) is 107 Å². The summed E-state index contributed by atoms with van der Waals surface area (Å²) < 4.78 is 11.8. The maximum Gasteiger partial charge on any atom is 0.407 e. The van der Waals surface area contributed by atoms with Crippen molar-refractivity contribution in [1.82, 2.24) is 10.3 Å². The van der Waals surface area contributed by atoms with Crippen LogP contribution in [0.3, 0.4) is 0 Å². The van der Waals surface area contributed by atoms with Gasteiger partial charge in [-0.25, -0.2) is 9.59 Å². The SMILES string of the molecule is Cc1cc(C)cc(C(=O)OCc2ccc([C@@H](CNC(=O)OC(C)(C)C)C(=O)Nc3cc4ccncc4s3)cc2)c1. The van der Waals surface area contributed by atoms with Crippen molar-refractivity contribution in [2.24, 2.45) is 0 Å². The third-order valence-electron chi connectivity index (χ3n) is 5.94. The number of amides is 2. The molecule has 208 valence electrons. The predicted octanol–water partition coefficient (Wildman–Crippen LogP) is 6.52. The quantitative estimate of drug-likeness (QED) is 0.238. The first kappa shape index (κ1) is 28.8. The van der Waals surface area contributed by atoms with E-state index < -0.39 is 23.6 Å². The number of alkyl carbamates (subject to hydrolysis) is 1. The van der Waals surface area contributed by atoms with Crippen molar-refractivity contribution >= 4 is 44.4 Å². The van der Waals surface area contributed by atoms with Crippen molar-refractivity contribution in [1.29, 1.82) is 0 Å². The molecule has 2 aromatic heterocycles. The molecule has 2 aromatic carbocycles. The molecule has 0 saturated carbocycles. The van der Waals surface area contributed by atoms with Gasteiger partial charge in [-0.15, -0.1) is 11.3 Å². The van der Waals surface area contributed by atoms with Crippen LogP contribution in [0.15, 0.2) is 67.0 Å². The number of pyridine rings is 1. The molecule has 0 bridgehead atoms. The van der Waals surface area contributed by atoms with Gasteiger partial charge in [0.2, 0.25) is 5.91 Å². The number of ether oxygens (including phenoxy) is 2. The highest BCUT2D eigenvalue weighted by Gasteiger charge is 2.24. The number of nitrogens with one attached hydrogen (secondary N) is 2. The number of carbonyl (C=O) groups excluding carboxylic acids is 3. The Morgan fingerprint density at radius 2 is 1.68 bits per heavy atom. The van der Waals surface area contributed by atoms with E-state index in [4.69, 9.17) is 9.47 Å². The van der Waals surface area contributed by atoms with Crippen molar-refractivity contribution < 1.29 is 23.9 Å².